The van der Waals surface area contributed by atoms with Crippen LogP contribution in [0.1, 0.15) is 50.3 Å². The van der Waals surface area contributed by atoms with Gasteiger partial charge in [0.2, 0.25) is 0 Å². The quantitative estimate of drug-likeness (QED) is 0.122. The molecule has 4 aromatic heterocycles. The van der Waals surface area contributed by atoms with Crippen LogP contribution in [-0.2, 0) is 5.41 Å². The van der Waals surface area contributed by atoms with Crippen LogP contribution in [0.3, 0.4) is 0 Å². The summed E-state index contributed by atoms with van der Waals surface area (Å²) in [5.74, 6) is 0. The Morgan fingerprint density at radius 2 is 0.925 bits per heavy atom. The lowest BCUT2D eigenvalue weighted by molar-refractivity contribution is 0.685. The van der Waals surface area contributed by atoms with Crippen molar-refractivity contribution in [3.63, 3.8) is 0 Å². The summed E-state index contributed by atoms with van der Waals surface area (Å²) >= 11 is 0. The smallest absolute Gasteiger partial charge is 0.0678 e. The summed E-state index contributed by atoms with van der Waals surface area (Å²) in [6.45, 7) is 11.1. The van der Waals surface area contributed by atoms with Crippen LogP contribution in [0.4, 0.5) is 0 Å². The number of nitrogens with zero attached hydrogens (tertiary/aromatic N) is 4. The van der Waals surface area contributed by atoms with E-state index in [9.17, 15) is 0 Å². The predicted molar refractivity (Wildman–Crippen MR) is 340 cm³/mol. The maximum absolute atomic E-state index is 4.30. The lowest BCUT2D eigenvalue weighted by Gasteiger charge is -2.37. The van der Waals surface area contributed by atoms with Crippen LogP contribution in [0.5, 0.6) is 0 Å². The number of aromatic nitrogens is 4. The minimum Gasteiger partial charge on any atom is -0.313 e. The molecule has 14 aromatic rings. The summed E-state index contributed by atoms with van der Waals surface area (Å²) in [6.07, 6.45) is 13.1. The van der Waals surface area contributed by atoms with Crippen LogP contribution in [0.25, 0.3) is 122 Å². The van der Waals surface area contributed by atoms with Gasteiger partial charge in [-0.1, -0.05) is 208 Å². The van der Waals surface area contributed by atoms with Crippen molar-refractivity contribution in [2.45, 2.75) is 39.0 Å². The first-order valence-corrected chi connectivity index (χ1v) is 28.1. The maximum Gasteiger partial charge on any atom is 0.0678 e. The molecule has 4 heterocycles. The summed E-state index contributed by atoms with van der Waals surface area (Å²) in [7, 11) is 0. The Labute approximate surface area is 465 Å². The average molecular weight is 1030 g/mol. The number of para-hydroxylation sites is 7. The molecule has 1 aliphatic rings. The number of hydrogen-bond donors (Lipinski definition) is 0. The molecule has 1 unspecified atom stereocenters. The van der Waals surface area contributed by atoms with Gasteiger partial charge in [-0.15, -0.1) is 0 Å². The summed E-state index contributed by atoms with van der Waals surface area (Å²) in [5.41, 5.74) is 19.5. The minimum atomic E-state index is -0.789. The van der Waals surface area contributed by atoms with Gasteiger partial charge in [-0.05, 0) is 121 Å². The summed E-state index contributed by atoms with van der Waals surface area (Å²) in [4.78, 5) is 0. The molecule has 0 saturated carbocycles. The van der Waals surface area contributed by atoms with E-state index in [1.807, 2.05) is 6.08 Å². The normalized spacial score (nSPS) is 15.2. The van der Waals surface area contributed by atoms with Crippen LogP contribution in [0, 0.1) is 0 Å². The molecule has 0 radical (unpaired) electrons. The molecule has 0 bridgehead atoms. The van der Waals surface area contributed by atoms with E-state index in [2.05, 4.69) is 300 Å². The summed E-state index contributed by atoms with van der Waals surface area (Å²) in [6, 6.07) is 86.0. The Morgan fingerprint density at radius 1 is 0.463 bits per heavy atom. The zero-order chi connectivity index (χ0) is 53.6. The van der Waals surface area contributed by atoms with E-state index in [0.717, 1.165) is 46.5 Å². The second-order valence-electron chi connectivity index (χ2n) is 21.4. The van der Waals surface area contributed by atoms with E-state index >= 15 is 0 Å². The van der Waals surface area contributed by atoms with Crippen molar-refractivity contribution in [3.05, 3.63) is 288 Å². The molecule has 0 amide bonds. The third kappa shape index (κ3) is 6.75. The third-order valence-corrected chi connectivity index (χ3v) is 17.3. The Bertz CT molecular complexity index is 4910. The Balaban J connectivity index is 1.14. The molecule has 15 rings (SSSR count). The summed E-state index contributed by atoms with van der Waals surface area (Å²) in [5, 5.41) is 10.9. The van der Waals surface area contributed by atoms with Gasteiger partial charge in [0, 0.05) is 65.6 Å². The van der Waals surface area contributed by atoms with E-state index in [4.69, 9.17) is 0 Å². The highest BCUT2D eigenvalue weighted by molar-refractivity contribution is 6.12. The molecule has 4 heteroatoms. The first-order valence-electron chi connectivity index (χ1n) is 28.1. The molecule has 0 aliphatic heterocycles. The number of fused-ring (bicyclic) bond motifs is 13. The van der Waals surface area contributed by atoms with Crippen LogP contribution >= 0.6 is 0 Å². The van der Waals surface area contributed by atoms with E-state index in [-0.39, 0.29) is 0 Å². The van der Waals surface area contributed by atoms with Crippen molar-refractivity contribution in [1.82, 2.24) is 18.3 Å². The van der Waals surface area contributed by atoms with Crippen molar-refractivity contribution in [2.75, 3.05) is 0 Å². The molecule has 80 heavy (non-hydrogen) atoms. The van der Waals surface area contributed by atoms with Gasteiger partial charge in [-0.3, -0.25) is 0 Å². The van der Waals surface area contributed by atoms with Gasteiger partial charge in [0.15, 0.2) is 0 Å². The lowest BCUT2D eigenvalue weighted by atomic mass is 9.65. The van der Waals surface area contributed by atoms with Crippen molar-refractivity contribution < 1.29 is 0 Å². The summed E-state index contributed by atoms with van der Waals surface area (Å²) < 4.78 is 9.99. The molecule has 0 fully saturated rings. The number of hydrogen-bond acceptors (Lipinski definition) is 0. The zero-order valence-corrected chi connectivity index (χ0v) is 45.2. The monoisotopic (exact) mass is 1030 g/mol. The second kappa shape index (κ2) is 18.6. The van der Waals surface area contributed by atoms with Gasteiger partial charge in [-0.2, -0.15) is 0 Å². The topological polar surface area (TPSA) is 19.7 Å². The fourth-order valence-corrected chi connectivity index (χ4v) is 14.2. The van der Waals surface area contributed by atoms with Crippen LogP contribution < -0.4 is 10.6 Å². The van der Waals surface area contributed by atoms with E-state index in [0.29, 0.717) is 0 Å². The fraction of sp³-hybridized carbons (Fsp3) is 0.0789. The van der Waals surface area contributed by atoms with E-state index in [1.54, 1.807) is 0 Å². The van der Waals surface area contributed by atoms with E-state index in [1.165, 1.54) is 109 Å². The predicted octanol–water partition coefficient (Wildman–Crippen LogP) is 18.3. The van der Waals surface area contributed by atoms with Crippen LogP contribution in [0.2, 0.25) is 0 Å². The molecular formula is C76H58N4. The molecule has 382 valence electrons. The van der Waals surface area contributed by atoms with Crippen molar-refractivity contribution >= 4 is 94.2 Å². The minimum absolute atomic E-state index is 0.789. The molecule has 1 aliphatic carbocycles. The highest BCUT2D eigenvalue weighted by Crippen LogP contribution is 2.60. The molecule has 0 N–H and O–H groups in total. The van der Waals surface area contributed by atoms with Crippen molar-refractivity contribution in [2.24, 2.45) is 0 Å². The average Bonchev–Trinajstić information content (AvgIpc) is 3.46. The van der Waals surface area contributed by atoms with Gasteiger partial charge >= 0.3 is 0 Å². The number of benzene rings is 10. The SMILES string of the molecule is C=C/C=c1\c(=C/C)c2ccccc2n1-c1cc(-n2c3ccccc3c3ccccc32)c2c(c1)C(/C(=C/C=C(\C)n1c3ccccc3c3ccccc31)CCC)(c1ccccc1)c1cc(-n3c4ccccc4c4ccccc43)ccc1-2. The maximum atomic E-state index is 4.30. The van der Waals surface area contributed by atoms with Gasteiger partial charge < -0.3 is 18.3 Å². The van der Waals surface area contributed by atoms with Crippen molar-refractivity contribution in [1.29, 1.82) is 0 Å². The standard InChI is InChI=1S/C76H58N4/c1-5-25-51(44-43-50(4)77-67-36-18-12-30-57(67)58-31-13-19-37-68(58)77)76(52-27-9-8-10-28-52)64-47-53(78-70-39-21-14-32-59(70)60-33-15-22-40-71(60)78)45-46-63(64)75-65(76)48-54(79-66(26-6-2)55(7-3)56-29-11-20-38-69(56)79)49-74(75)80-72-41-23-16-34-61(72)62-35-17-24-42-73(62)80/h6-24,26-49H,2,5,25H2,1,3-4H3/b50-43+,51-44+,55-7-,66-26+. The van der Waals surface area contributed by atoms with E-state index < -0.39 is 5.41 Å². The Morgan fingerprint density at radius 3 is 1.45 bits per heavy atom. The van der Waals surface area contributed by atoms with Gasteiger partial charge in [0.25, 0.3) is 0 Å². The molecule has 10 aromatic carbocycles. The van der Waals surface area contributed by atoms with Gasteiger partial charge in [0.1, 0.15) is 0 Å². The molecule has 1 atom stereocenters. The number of allylic oxidation sites excluding steroid dienone is 5. The van der Waals surface area contributed by atoms with Crippen LogP contribution in [0.15, 0.2) is 261 Å². The fourth-order valence-electron chi connectivity index (χ4n) is 14.2. The van der Waals surface area contributed by atoms with Gasteiger partial charge in [0.05, 0.1) is 55.1 Å². The first kappa shape index (κ1) is 47.3. The largest absolute Gasteiger partial charge is 0.313 e. The van der Waals surface area contributed by atoms with Gasteiger partial charge in [-0.25, -0.2) is 0 Å². The Kier molecular flexibility index (Phi) is 11.0. The highest BCUT2D eigenvalue weighted by Gasteiger charge is 2.49. The van der Waals surface area contributed by atoms with Crippen LogP contribution in [-0.4, -0.2) is 18.3 Å². The molecular weight excluding hydrogens is 969 g/mol. The Hall–Kier alpha value is -9.90. The number of rotatable bonds is 10. The molecule has 4 nitrogen and oxygen atoms in total. The zero-order valence-electron chi connectivity index (χ0n) is 45.2. The molecule has 0 spiro atoms. The third-order valence-electron chi connectivity index (χ3n) is 17.3. The highest BCUT2D eigenvalue weighted by atomic mass is 15.0. The first-order chi connectivity index (χ1) is 39.5. The lowest BCUT2D eigenvalue weighted by Crippen LogP contribution is -2.31. The molecule has 0 saturated heterocycles. The second-order valence-corrected chi connectivity index (χ2v) is 21.4. The van der Waals surface area contributed by atoms with Crippen molar-refractivity contribution in [3.8, 4) is 28.2 Å².